The van der Waals surface area contributed by atoms with Crippen molar-refractivity contribution in [2.24, 2.45) is 0 Å². The lowest BCUT2D eigenvalue weighted by Crippen LogP contribution is -2.49. The molecular weight excluding hydrogens is 378 g/mol. The summed E-state index contributed by atoms with van der Waals surface area (Å²) in [5.41, 5.74) is 4.03. The molecule has 1 aliphatic heterocycles. The number of carbonyl (C=O) groups is 1. The van der Waals surface area contributed by atoms with Crippen molar-refractivity contribution >= 4 is 22.6 Å². The highest BCUT2D eigenvalue weighted by Gasteiger charge is 2.24. The minimum absolute atomic E-state index is 0.00894. The first-order chi connectivity index (χ1) is 14.5. The van der Waals surface area contributed by atoms with E-state index >= 15 is 0 Å². The summed E-state index contributed by atoms with van der Waals surface area (Å²) in [6.45, 7) is 7.00. The maximum atomic E-state index is 13.0. The Labute approximate surface area is 177 Å². The van der Waals surface area contributed by atoms with Crippen molar-refractivity contribution in [1.29, 1.82) is 0 Å². The number of aromatic nitrogens is 1. The monoisotopic (exact) mass is 405 g/mol. The van der Waals surface area contributed by atoms with Crippen molar-refractivity contribution < 1.29 is 14.3 Å². The van der Waals surface area contributed by atoms with Gasteiger partial charge in [-0.15, -0.1) is 0 Å². The number of nitrogens with zero attached hydrogens (tertiary/aromatic N) is 3. The Morgan fingerprint density at radius 2 is 1.57 bits per heavy atom. The third kappa shape index (κ3) is 3.77. The molecule has 0 saturated carbocycles. The van der Waals surface area contributed by atoms with Crippen LogP contribution in [0.15, 0.2) is 42.5 Å². The molecule has 3 aromatic rings. The van der Waals surface area contributed by atoms with E-state index in [0.29, 0.717) is 30.2 Å². The Kier molecular flexibility index (Phi) is 5.48. The topological polar surface area (TPSA) is 54.9 Å². The lowest BCUT2D eigenvalue weighted by molar-refractivity contribution is 0.0745. The number of carbonyl (C=O) groups excluding carboxylic acids is 1. The second-order valence-electron chi connectivity index (χ2n) is 7.65. The molecule has 0 atom stereocenters. The van der Waals surface area contributed by atoms with Gasteiger partial charge in [0.1, 0.15) is 17.3 Å². The minimum atomic E-state index is -0.00894. The highest BCUT2D eigenvalue weighted by Crippen LogP contribution is 2.27. The van der Waals surface area contributed by atoms with Crippen LogP contribution < -0.4 is 14.4 Å². The maximum Gasteiger partial charge on any atom is 0.254 e. The third-order valence-electron chi connectivity index (χ3n) is 5.72. The summed E-state index contributed by atoms with van der Waals surface area (Å²) in [7, 11) is 3.17. The molecule has 1 aliphatic rings. The molecule has 6 heteroatoms. The second-order valence-corrected chi connectivity index (χ2v) is 7.65. The van der Waals surface area contributed by atoms with E-state index in [1.807, 2.05) is 4.90 Å². The summed E-state index contributed by atoms with van der Waals surface area (Å²) < 4.78 is 10.6. The highest BCUT2D eigenvalue weighted by atomic mass is 16.5. The Balaban J connectivity index is 1.51. The number of piperazine rings is 1. The lowest BCUT2D eigenvalue weighted by atomic mass is 10.1. The predicted octanol–water partition coefficient (Wildman–Crippen LogP) is 3.83. The van der Waals surface area contributed by atoms with E-state index in [9.17, 15) is 4.79 Å². The first-order valence-electron chi connectivity index (χ1n) is 10.1. The molecule has 30 heavy (non-hydrogen) atoms. The number of para-hydroxylation sites is 1. The molecule has 4 rings (SSSR count). The summed E-state index contributed by atoms with van der Waals surface area (Å²) in [5, 5.41) is 1.19. The van der Waals surface area contributed by atoms with Gasteiger partial charge in [-0.05, 0) is 43.2 Å². The fourth-order valence-corrected chi connectivity index (χ4v) is 3.96. The molecular formula is C24H27N3O3. The van der Waals surface area contributed by atoms with Gasteiger partial charge < -0.3 is 19.3 Å². The standard InChI is InChI=1S/C24H27N3O3/c1-16-6-5-7-21-17(2)12-22(25-23(16)21)26-8-10-27(11-9-26)24(28)18-13-19(29-3)15-20(14-18)30-4/h5-7,12-15H,8-11H2,1-4H3. The van der Waals surface area contributed by atoms with E-state index in [1.54, 1.807) is 32.4 Å². The summed E-state index contributed by atoms with van der Waals surface area (Å²) in [6, 6.07) is 13.7. The fourth-order valence-electron chi connectivity index (χ4n) is 3.96. The number of anilines is 1. The molecule has 1 fully saturated rings. The van der Waals surface area contributed by atoms with Crippen LogP contribution in [0, 0.1) is 13.8 Å². The summed E-state index contributed by atoms with van der Waals surface area (Å²) in [5.74, 6) is 2.19. The van der Waals surface area contributed by atoms with Crippen molar-refractivity contribution in [2.75, 3.05) is 45.3 Å². The average Bonchev–Trinajstić information content (AvgIpc) is 2.79. The van der Waals surface area contributed by atoms with Gasteiger partial charge in [0.05, 0.1) is 19.7 Å². The van der Waals surface area contributed by atoms with E-state index in [4.69, 9.17) is 14.5 Å². The molecule has 2 aromatic carbocycles. The zero-order chi connectivity index (χ0) is 21.3. The summed E-state index contributed by atoms with van der Waals surface area (Å²) >= 11 is 0. The quantitative estimate of drug-likeness (QED) is 0.660. The van der Waals surface area contributed by atoms with Gasteiger partial charge in [-0.3, -0.25) is 4.79 Å². The average molecular weight is 405 g/mol. The Bertz CT molecular complexity index is 1070. The van der Waals surface area contributed by atoms with Crippen LogP contribution in [0.2, 0.25) is 0 Å². The second kappa shape index (κ2) is 8.22. The van der Waals surface area contributed by atoms with Crippen LogP contribution in [0.25, 0.3) is 10.9 Å². The highest BCUT2D eigenvalue weighted by molar-refractivity contribution is 5.95. The van der Waals surface area contributed by atoms with Crippen LogP contribution in [-0.2, 0) is 0 Å². The Hall–Kier alpha value is -3.28. The third-order valence-corrected chi connectivity index (χ3v) is 5.72. The molecule has 0 spiro atoms. The number of pyridine rings is 1. The predicted molar refractivity (Wildman–Crippen MR) is 119 cm³/mol. The molecule has 0 radical (unpaired) electrons. The zero-order valence-electron chi connectivity index (χ0n) is 17.9. The van der Waals surface area contributed by atoms with E-state index < -0.39 is 0 Å². The molecule has 1 saturated heterocycles. The number of fused-ring (bicyclic) bond motifs is 1. The van der Waals surface area contributed by atoms with Crippen LogP contribution in [0.1, 0.15) is 21.5 Å². The normalized spacial score (nSPS) is 14.1. The molecule has 2 heterocycles. The van der Waals surface area contributed by atoms with E-state index in [1.165, 1.54) is 16.5 Å². The van der Waals surface area contributed by atoms with E-state index in [0.717, 1.165) is 24.4 Å². The first kappa shape index (κ1) is 20.0. The van der Waals surface area contributed by atoms with Gasteiger partial charge in [-0.2, -0.15) is 0 Å². The molecule has 156 valence electrons. The Morgan fingerprint density at radius 3 is 2.20 bits per heavy atom. The van der Waals surface area contributed by atoms with E-state index in [2.05, 4.69) is 43.0 Å². The van der Waals surface area contributed by atoms with Gasteiger partial charge in [0.15, 0.2) is 0 Å². The van der Waals surface area contributed by atoms with Gasteiger partial charge in [0.2, 0.25) is 0 Å². The van der Waals surface area contributed by atoms with Crippen molar-refractivity contribution in [2.45, 2.75) is 13.8 Å². The first-order valence-corrected chi connectivity index (χ1v) is 10.1. The van der Waals surface area contributed by atoms with Crippen molar-refractivity contribution in [3.63, 3.8) is 0 Å². The van der Waals surface area contributed by atoms with Crippen molar-refractivity contribution in [3.05, 3.63) is 59.2 Å². The summed E-state index contributed by atoms with van der Waals surface area (Å²) in [4.78, 5) is 22.1. The summed E-state index contributed by atoms with van der Waals surface area (Å²) in [6.07, 6.45) is 0. The van der Waals surface area contributed by atoms with E-state index in [-0.39, 0.29) is 5.91 Å². The van der Waals surface area contributed by atoms with Crippen molar-refractivity contribution in [1.82, 2.24) is 9.88 Å². The van der Waals surface area contributed by atoms with Crippen LogP contribution in [-0.4, -0.2) is 56.2 Å². The van der Waals surface area contributed by atoms with Gasteiger partial charge in [-0.1, -0.05) is 18.2 Å². The molecule has 0 N–H and O–H groups in total. The van der Waals surface area contributed by atoms with Crippen LogP contribution in [0.3, 0.4) is 0 Å². The molecule has 6 nitrogen and oxygen atoms in total. The van der Waals surface area contributed by atoms with Crippen molar-refractivity contribution in [3.8, 4) is 11.5 Å². The number of hydrogen-bond donors (Lipinski definition) is 0. The smallest absolute Gasteiger partial charge is 0.254 e. The number of methoxy groups -OCH3 is 2. The molecule has 1 amide bonds. The van der Waals surface area contributed by atoms with Gasteiger partial charge in [-0.25, -0.2) is 4.98 Å². The Morgan fingerprint density at radius 1 is 0.900 bits per heavy atom. The zero-order valence-corrected chi connectivity index (χ0v) is 17.9. The SMILES string of the molecule is COc1cc(OC)cc(C(=O)N2CCN(c3cc(C)c4cccc(C)c4n3)CC2)c1. The van der Waals surface area contributed by atoms with Gasteiger partial charge in [0.25, 0.3) is 5.91 Å². The molecule has 0 unspecified atom stereocenters. The maximum absolute atomic E-state index is 13.0. The number of benzene rings is 2. The number of amides is 1. The molecule has 0 aliphatic carbocycles. The van der Waals surface area contributed by atoms with Gasteiger partial charge in [0, 0.05) is 43.2 Å². The number of hydrogen-bond acceptors (Lipinski definition) is 5. The fraction of sp³-hybridized carbons (Fsp3) is 0.333. The number of rotatable bonds is 4. The van der Waals surface area contributed by atoms with Crippen LogP contribution >= 0.6 is 0 Å². The number of ether oxygens (including phenoxy) is 2. The molecule has 0 bridgehead atoms. The van der Waals surface area contributed by atoms with Crippen LogP contribution in [0.4, 0.5) is 5.82 Å². The molecule has 1 aromatic heterocycles. The lowest BCUT2D eigenvalue weighted by Gasteiger charge is -2.35. The van der Waals surface area contributed by atoms with Crippen LogP contribution in [0.5, 0.6) is 11.5 Å². The largest absolute Gasteiger partial charge is 0.497 e. The minimum Gasteiger partial charge on any atom is -0.497 e. The number of aryl methyl sites for hydroxylation is 2. The van der Waals surface area contributed by atoms with Gasteiger partial charge >= 0.3 is 0 Å².